The van der Waals surface area contributed by atoms with Gasteiger partial charge in [-0.05, 0) is 128 Å². The van der Waals surface area contributed by atoms with E-state index in [1.54, 1.807) is 11.1 Å². The maximum absolute atomic E-state index is 7.14. The summed E-state index contributed by atoms with van der Waals surface area (Å²) in [7, 11) is -3.67. The average molecular weight is 541 g/mol. The summed E-state index contributed by atoms with van der Waals surface area (Å²) < 4.78 is 14.0. The van der Waals surface area contributed by atoms with E-state index in [-0.39, 0.29) is 10.1 Å². The highest BCUT2D eigenvalue weighted by Crippen LogP contribution is 2.62. The van der Waals surface area contributed by atoms with E-state index < -0.39 is 16.6 Å². The molecule has 1 aromatic carbocycles. The van der Waals surface area contributed by atoms with Crippen LogP contribution in [0, 0.1) is 17.3 Å². The highest BCUT2D eigenvalue weighted by atomic mass is 28.4. The van der Waals surface area contributed by atoms with Gasteiger partial charge in [-0.15, -0.1) is 0 Å². The fourth-order valence-electron chi connectivity index (χ4n) is 7.12. The van der Waals surface area contributed by atoms with E-state index in [1.807, 2.05) is 0 Å². The minimum Gasteiger partial charge on any atom is -0.543 e. The summed E-state index contributed by atoms with van der Waals surface area (Å²) in [5, 5.41) is 0.469. The van der Waals surface area contributed by atoms with Crippen LogP contribution in [-0.2, 0) is 10.8 Å². The Morgan fingerprint density at radius 1 is 0.892 bits per heavy atom. The first-order valence-corrected chi connectivity index (χ1v) is 20.9. The van der Waals surface area contributed by atoms with E-state index >= 15 is 0 Å². The van der Waals surface area contributed by atoms with Gasteiger partial charge in [-0.2, -0.15) is 0 Å². The molecule has 208 valence electrons. The second-order valence-electron chi connectivity index (χ2n) is 15.9. The van der Waals surface area contributed by atoms with Crippen LogP contribution < -0.4 is 4.43 Å². The minimum atomic E-state index is -1.90. The molecule has 1 aromatic rings. The maximum Gasteiger partial charge on any atom is 0.250 e. The van der Waals surface area contributed by atoms with Crippen molar-refractivity contribution in [2.45, 2.75) is 142 Å². The molecule has 4 rings (SSSR count). The molecule has 2 saturated carbocycles. The summed E-state index contributed by atoms with van der Waals surface area (Å²) in [6.45, 7) is 28.5. The van der Waals surface area contributed by atoms with Crippen molar-refractivity contribution in [1.82, 2.24) is 0 Å². The van der Waals surface area contributed by atoms with Crippen LogP contribution in [0.5, 0.6) is 5.75 Å². The van der Waals surface area contributed by atoms with Gasteiger partial charge >= 0.3 is 0 Å². The molecule has 0 aromatic heterocycles. The van der Waals surface area contributed by atoms with Crippen molar-refractivity contribution < 1.29 is 8.85 Å². The molecule has 0 amide bonds. The lowest BCUT2D eigenvalue weighted by Gasteiger charge is -2.52. The van der Waals surface area contributed by atoms with Crippen molar-refractivity contribution in [3.8, 4) is 5.75 Å². The van der Waals surface area contributed by atoms with Gasteiger partial charge in [0.05, 0.1) is 6.10 Å². The number of hydrogen-bond donors (Lipinski definition) is 0. The van der Waals surface area contributed by atoms with E-state index in [4.69, 9.17) is 8.85 Å². The molecule has 3 aliphatic rings. The van der Waals surface area contributed by atoms with E-state index in [1.165, 1.54) is 44.1 Å². The summed E-state index contributed by atoms with van der Waals surface area (Å²) in [6, 6.07) is 4.96. The average Bonchev–Trinajstić information content (AvgIpc) is 3.08. The Balaban J connectivity index is 1.62. The zero-order valence-electron chi connectivity index (χ0n) is 26.2. The van der Waals surface area contributed by atoms with Crippen LogP contribution in [0.4, 0.5) is 0 Å². The van der Waals surface area contributed by atoms with Crippen LogP contribution in [0.25, 0.3) is 6.08 Å². The van der Waals surface area contributed by atoms with Crippen LogP contribution in [-0.4, -0.2) is 22.7 Å². The Bertz CT molecular complexity index is 1030. The summed E-state index contributed by atoms with van der Waals surface area (Å²) in [6.07, 6.45) is 12.6. The van der Waals surface area contributed by atoms with Crippen LogP contribution >= 0.6 is 0 Å². The second kappa shape index (κ2) is 9.66. The highest BCUT2D eigenvalue weighted by molar-refractivity contribution is 6.75. The molecule has 0 unspecified atom stereocenters. The Labute approximate surface area is 231 Å². The molecular weight excluding hydrogens is 485 g/mol. The fraction of sp³-hybridized carbons (Fsp3) is 0.758. The van der Waals surface area contributed by atoms with Crippen molar-refractivity contribution >= 4 is 22.7 Å². The van der Waals surface area contributed by atoms with E-state index in [9.17, 15) is 0 Å². The Morgan fingerprint density at radius 2 is 1.54 bits per heavy atom. The first-order chi connectivity index (χ1) is 16.9. The zero-order chi connectivity index (χ0) is 27.6. The molecule has 0 radical (unpaired) electrons. The zero-order valence-corrected chi connectivity index (χ0v) is 28.2. The van der Waals surface area contributed by atoms with Crippen molar-refractivity contribution in [1.29, 1.82) is 0 Å². The SMILES string of the molecule is C/C=C/c1cc2c(cc1O[Si](C)(C)C(C)(C)C)CC[C@@H]1[C@@H]2CC[C@]2(C)[C@@H](O[Si](C)(C)C(C)(C)C)CC[C@@H]12. The van der Waals surface area contributed by atoms with E-state index in [0.29, 0.717) is 17.4 Å². The van der Waals surface area contributed by atoms with Crippen molar-refractivity contribution in [2.24, 2.45) is 17.3 Å². The molecule has 0 aliphatic heterocycles. The van der Waals surface area contributed by atoms with Crippen molar-refractivity contribution in [2.75, 3.05) is 0 Å². The molecule has 5 atom stereocenters. The van der Waals surface area contributed by atoms with Gasteiger partial charge in [0.15, 0.2) is 8.32 Å². The summed E-state index contributed by atoms with van der Waals surface area (Å²) in [5.74, 6) is 3.40. The second-order valence-corrected chi connectivity index (χ2v) is 25.3. The maximum atomic E-state index is 7.14. The van der Waals surface area contributed by atoms with E-state index in [0.717, 1.165) is 17.6 Å². The Kier molecular flexibility index (Phi) is 7.61. The quantitative estimate of drug-likeness (QED) is 0.346. The van der Waals surface area contributed by atoms with Crippen LogP contribution in [0.2, 0.25) is 36.3 Å². The first kappa shape index (κ1) is 29.1. The number of rotatable bonds is 5. The molecular formula is C33H56O2Si2. The third-order valence-electron chi connectivity index (χ3n) is 11.5. The van der Waals surface area contributed by atoms with Gasteiger partial charge in [-0.3, -0.25) is 0 Å². The molecule has 3 aliphatic carbocycles. The third kappa shape index (κ3) is 5.21. The predicted octanol–water partition coefficient (Wildman–Crippen LogP) is 10.4. The summed E-state index contributed by atoms with van der Waals surface area (Å²) in [4.78, 5) is 0. The lowest BCUT2D eigenvalue weighted by molar-refractivity contribution is -0.0165. The summed E-state index contributed by atoms with van der Waals surface area (Å²) >= 11 is 0. The predicted molar refractivity (Wildman–Crippen MR) is 166 cm³/mol. The monoisotopic (exact) mass is 540 g/mol. The van der Waals surface area contributed by atoms with Crippen LogP contribution in [0.1, 0.15) is 110 Å². The summed E-state index contributed by atoms with van der Waals surface area (Å²) in [5.41, 5.74) is 4.80. The van der Waals surface area contributed by atoms with E-state index in [2.05, 4.69) is 106 Å². The molecule has 2 nitrogen and oxygen atoms in total. The van der Waals surface area contributed by atoms with Gasteiger partial charge in [0.2, 0.25) is 0 Å². The number of fused-ring (bicyclic) bond motifs is 5. The van der Waals surface area contributed by atoms with Crippen LogP contribution in [0.3, 0.4) is 0 Å². The lowest BCUT2D eigenvalue weighted by atomic mass is 9.55. The van der Waals surface area contributed by atoms with Gasteiger partial charge in [-0.25, -0.2) is 0 Å². The Hall–Kier alpha value is -0.846. The minimum absolute atomic E-state index is 0.195. The highest BCUT2D eigenvalue weighted by Gasteiger charge is 2.57. The molecule has 37 heavy (non-hydrogen) atoms. The number of aryl methyl sites for hydroxylation is 1. The van der Waals surface area contributed by atoms with Crippen LogP contribution in [0.15, 0.2) is 18.2 Å². The number of benzene rings is 1. The van der Waals surface area contributed by atoms with Crippen molar-refractivity contribution in [3.05, 3.63) is 34.9 Å². The van der Waals surface area contributed by atoms with Gasteiger partial charge in [0, 0.05) is 5.56 Å². The molecule has 0 N–H and O–H groups in total. The number of hydrogen-bond acceptors (Lipinski definition) is 2. The molecule has 2 fully saturated rings. The largest absolute Gasteiger partial charge is 0.543 e. The van der Waals surface area contributed by atoms with Gasteiger partial charge in [0.1, 0.15) is 5.75 Å². The topological polar surface area (TPSA) is 18.5 Å². The molecule has 0 saturated heterocycles. The molecule has 0 bridgehead atoms. The molecule has 0 spiro atoms. The Morgan fingerprint density at radius 3 is 2.14 bits per heavy atom. The number of allylic oxidation sites excluding steroid dienone is 1. The van der Waals surface area contributed by atoms with Crippen molar-refractivity contribution in [3.63, 3.8) is 0 Å². The smallest absolute Gasteiger partial charge is 0.250 e. The standard InChI is InChI=1S/C33H56O2Si2/c1-13-14-24-21-27-23(22-29(24)34-36(9,10)31(2,3)4)15-16-26-25(27)19-20-33(8)28(26)17-18-30(33)35-37(11,12)32(5,6)7/h13-14,21-22,25-26,28,30H,15-20H2,1-12H3/b14-13+/t25-,26+,28-,30-,33-/m0/s1. The van der Waals surface area contributed by atoms with Gasteiger partial charge in [-0.1, -0.05) is 60.6 Å². The fourth-order valence-corrected chi connectivity index (χ4v) is 9.61. The normalized spacial score (nSPS) is 30.7. The lowest BCUT2D eigenvalue weighted by Crippen LogP contribution is -2.50. The molecule has 4 heteroatoms. The third-order valence-corrected chi connectivity index (χ3v) is 20.4. The first-order valence-electron chi connectivity index (χ1n) is 15.1. The molecule has 0 heterocycles. The van der Waals surface area contributed by atoms with Gasteiger partial charge in [0.25, 0.3) is 8.32 Å². The van der Waals surface area contributed by atoms with Gasteiger partial charge < -0.3 is 8.85 Å².